The zero-order valence-corrected chi connectivity index (χ0v) is 15.3. The molecule has 1 aliphatic carbocycles. The Labute approximate surface area is 149 Å². The van der Waals surface area contributed by atoms with Crippen LogP contribution in [0.25, 0.3) is 0 Å². The van der Waals surface area contributed by atoms with Crippen LogP contribution in [0.4, 0.5) is 4.39 Å². The van der Waals surface area contributed by atoms with Crippen molar-refractivity contribution in [2.24, 2.45) is 5.92 Å². The van der Waals surface area contributed by atoms with Crippen LogP contribution in [-0.4, -0.2) is 38.4 Å². The van der Waals surface area contributed by atoms with Gasteiger partial charge in [-0.05, 0) is 36.5 Å². The van der Waals surface area contributed by atoms with Crippen molar-refractivity contribution < 1.29 is 9.13 Å². The highest BCUT2D eigenvalue weighted by atomic mass is 35.5. The molecule has 2 N–H and O–H groups in total. The molecule has 24 heavy (non-hydrogen) atoms. The summed E-state index contributed by atoms with van der Waals surface area (Å²) in [7, 11) is 0. The predicted molar refractivity (Wildman–Crippen MR) is 96.2 cm³/mol. The Morgan fingerprint density at radius 1 is 1.38 bits per heavy atom. The van der Waals surface area contributed by atoms with E-state index in [-0.39, 0.29) is 11.2 Å². The minimum Gasteiger partial charge on any atom is -0.379 e. The van der Waals surface area contributed by atoms with Gasteiger partial charge in [-0.1, -0.05) is 37.9 Å². The Bertz CT molecular complexity index is 560. The van der Waals surface area contributed by atoms with Gasteiger partial charge in [-0.15, -0.1) is 0 Å². The summed E-state index contributed by atoms with van der Waals surface area (Å²) in [5.41, 5.74) is 0.848. The SMILES string of the molecule is CC(C)(CNC1CCCC1C1COCCN1)c1ccc(F)cc1Cl. The number of halogens is 2. The second kappa shape index (κ2) is 7.69. The maximum Gasteiger partial charge on any atom is 0.124 e. The number of benzene rings is 1. The van der Waals surface area contributed by atoms with Crippen molar-refractivity contribution >= 4 is 11.6 Å². The molecule has 3 rings (SSSR count). The zero-order valence-electron chi connectivity index (χ0n) is 14.6. The summed E-state index contributed by atoms with van der Waals surface area (Å²) in [5.74, 6) is 0.330. The molecule has 1 aromatic rings. The van der Waals surface area contributed by atoms with E-state index in [2.05, 4.69) is 24.5 Å². The molecule has 3 unspecified atom stereocenters. The van der Waals surface area contributed by atoms with Gasteiger partial charge in [0.1, 0.15) is 5.82 Å². The number of morpholine rings is 1. The van der Waals surface area contributed by atoms with E-state index in [1.807, 2.05) is 6.07 Å². The van der Waals surface area contributed by atoms with Gasteiger partial charge < -0.3 is 15.4 Å². The van der Waals surface area contributed by atoms with Crippen LogP contribution in [0.15, 0.2) is 18.2 Å². The highest BCUT2D eigenvalue weighted by molar-refractivity contribution is 6.31. The van der Waals surface area contributed by atoms with E-state index in [1.165, 1.54) is 31.4 Å². The maximum atomic E-state index is 13.3. The Morgan fingerprint density at radius 3 is 2.92 bits per heavy atom. The van der Waals surface area contributed by atoms with Crippen LogP contribution in [0, 0.1) is 11.7 Å². The molecule has 0 spiro atoms. The van der Waals surface area contributed by atoms with Crippen LogP contribution in [0.3, 0.4) is 0 Å². The average Bonchev–Trinajstić information content (AvgIpc) is 3.02. The molecule has 134 valence electrons. The molecule has 3 nitrogen and oxygen atoms in total. The van der Waals surface area contributed by atoms with Crippen LogP contribution in [0.1, 0.15) is 38.7 Å². The third-order valence-corrected chi connectivity index (χ3v) is 5.82. The Kier molecular flexibility index (Phi) is 5.81. The second-order valence-electron chi connectivity index (χ2n) is 7.73. The van der Waals surface area contributed by atoms with E-state index < -0.39 is 0 Å². The molecular formula is C19H28ClFN2O. The number of rotatable bonds is 5. The quantitative estimate of drug-likeness (QED) is 0.849. The summed E-state index contributed by atoms with van der Waals surface area (Å²) in [4.78, 5) is 0. The standard InChI is InChI=1S/C19H28ClFN2O/c1-19(2,15-7-6-13(21)10-16(15)20)12-23-17-5-3-4-14(17)18-11-24-9-8-22-18/h6-7,10,14,17-18,22-23H,3-5,8-9,11-12H2,1-2H3. The van der Waals surface area contributed by atoms with Crippen molar-refractivity contribution in [1.82, 2.24) is 10.6 Å². The lowest BCUT2D eigenvalue weighted by Crippen LogP contribution is -2.52. The summed E-state index contributed by atoms with van der Waals surface area (Å²) < 4.78 is 18.9. The first kappa shape index (κ1) is 18.1. The fourth-order valence-corrected chi connectivity index (χ4v) is 4.53. The lowest BCUT2D eigenvalue weighted by atomic mass is 9.83. The number of hydrogen-bond acceptors (Lipinski definition) is 3. The lowest BCUT2D eigenvalue weighted by Gasteiger charge is -2.35. The monoisotopic (exact) mass is 354 g/mol. The van der Waals surface area contributed by atoms with E-state index in [4.69, 9.17) is 16.3 Å². The molecule has 3 atom stereocenters. The molecule has 1 saturated heterocycles. The van der Waals surface area contributed by atoms with Crippen LogP contribution in [-0.2, 0) is 10.2 Å². The van der Waals surface area contributed by atoms with Crippen molar-refractivity contribution in [3.63, 3.8) is 0 Å². The van der Waals surface area contributed by atoms with Crippen molar-refractivity contribution in [3.05, 3.63) is 34.6 Å². The normalized spacial score (nSPS) is 28.2. The smallest absolute Gasteiger partial charge is 0.124 e. The average molecular weight is 355 g/mol. The first-order chi connectivity index (χ1) is 11.5. The largest absolute Gasteiger partial charge is 0.379 e. The minimum absolute atomic E-state index is 0.144. The highest BCUT2D eigenvalue weighted by Gasteiger charge is 2.35. The summed E-state index contributed by atoms with van der Waals surface area (Å²) in [5, 5.41) is 7.88. The van der Waals surface area contributed by atoms with Gasteiger partial charge in [-0.25, -0.2) is 4.39 Å². The van der Waals surface area contributed by atoms with Gasteiger partial charge in [0.25, 0.3) is 0 Å². The summed E-state index contributed by atoms with van der Waals surface area (Å²) in [6.45, 7) is 7.72. The lowest BCUT2D eigenvalue weighted by molar-refractivity contribution is 0.0522. The Morgan fingerprint density at radius 2 is 2.21 bits per heavy atom. The molecule has 0 bridgehead atoms. The van der Waals surface area contributed by atoms with E-state index in [1.54, 1.807) is 0 Å². The molecule has 1 heterocycles. The second-order valence-corrected chi connectivity index (χ2v) is 8.13. The number of nitrogens with one attached hydrogen (secondary N) is 2. The summed E-state index contributed by atoms with van der Waals surface area (Å²) in [6.07, 6.45) is 3.71. The van der Waals surface area contributed by atoms with Crippen LogP contribution >= 0.6 is 11.6 Å². The number of ether oxygens (including phenoxy) is 1. The third kappa shape index (κ3) is 4.10. The Hall–Kier alpha value is -0.680. The summed E-state index contributed by atoms with van der Waals surface area (Å²) >= 11 is 6.27. The molecule has 1 aromatic carbocycles. The van der Waals surface area contributed by atoms with Crippen LogP contribution in [0.5, 0.6) is 0 Å². The van der Waals surface area contributed by atoms with Crippen molar-refractivity contribution in [1.29, 1.82) is 0 Å². The predicted octanol–water partition coefficient (Wildman–Crippen LogP) is 3.50. The fraction of sp³-hybridized carbons (Fsp3) is 0.684. The molecule has 2 aliphatic rings. The first-order valence-corrected chi connectivity index (χ1v) is 9.35. The molecule has 0 amide bonds. The van der Waals surface area contributed by atoms with Gasteiger partial charge >= 0.3 is 0 Å². The van der Waals surface area contributed by atoms with E-state index in [0.29, 0.717) is 23.0 Å². The van der Waals surface area contributed by atoms with Gasteiger partial charge in [-0.3, -0.25) is 0 Å². The van der Waals surface area contributed by atoms with E-state index in [0.717, 1.165) is 31.9 Å². The zero-order chi connectivity index (χ0) is 17.2. The van der Waals surface area contributed by atoms with Gasteiger partial charge in [0, 0.05) is 35.6 Å². The van der Waals surface area contributed by atoms with E-state index in [9.17, 15) is 4.39 Å². The Balaban J connectivity index is 1.62. The molecule has 1 saturated carbocycles. The van der Waals surface area contributed by atoms with Crippen molar-refractivity contribution in [3.8, 4) is 0 Å². The van der Waals surface area contributed by atoms with Crippen LogP contribution in [0.2, 0.25) is 5.02 Å². The minimum atomic E-state index is -0.285. The molecule has 2 fully saturated rings. The molecule has 5 heteroatoms. The van der Waals surface area contributed by atoms with Gasteiger partial charge in [0.05, 0.1) is 13.2 Å². The molecular weight excluding hydrogens is 327 g/mol. The third-order valence-electron chi connectivity index (χ3n) is 5.50. The maximum absolute atomic E-state index is 13.3. The molecule has 0 aromatic heterocycles. The number of hydrogen-bond donors (Lipinski definition) is 2. The molecule has 0 radical (unpaired) electrons. The first-order valence-electron chi connectivity index (χ1n) is 8.97. The van der Waals surface area contributed by atoms with Gasteiger partial charge in [0.15, 0.2) is 0 Å². The van der Waals surface area contributed by atoms with Gasteiger partial charge in [-0.2, -0.15) is 0 Å². The highest BCUT2D eigenvalue weighted by Crippen LogP contribution is 2.33. The van der Waals surface area contributed by atoms with Crippen molar-refractivity contribution in [2.45, 2.75) is 50.6 Å². The van der Waals surface area contributed by atoms with Gasteiger partial charge in [0.2, 0.25) is 0 Å². The van der Waals surface area contributed by atoms with Crippen molar-refractivity contribution in [2.75, 3.05) is 26.3 Å². The topological polar surface area (TPSA) is 33.3 Å². The molecule has 1 aliphatic heterocycles. The van der Waals surface area contributed by atoms with Crippen LogP contribution < -0.4 is 10.6 Å². The summed E-state index contributed by atoms with van der Waals surface area (Å²) in [6, 6.07) is 5.66. The van der Waals surface area contributed by atoms with E-state index >= 15 is 0 Å². The fourth-order valence-electron chi connectivity index (χ4n) is 4.10.